The highest BCUT2D eigenvalue weighted by molar-refractivity contribution is 6.22. The second kappa shape index (κ2) is 13.5. The van der Waals surface area contributed by atoms with E-state index >= 15 is 0 Å². The van der Waals surface area contributed by atoms with Crippen molar-refractivity contribution in [2.24, 2.45) is 0 Å². The van der Waals surface area contributed by atoms with Crippen LogP contribution in [0.5, 0.6) is 0 Å². The van der Waals surface area contributed by atoms with E-state index in [1.807, 2.05) is 0 Å². The molecule has 1 heterocycles. The molecule has 288 valence electrons. The van der Waals surface area contributed by atoms with Crippen LogP contribution in [-0.4, -0.2) is 0 Å². The Balaban J connectivity index is 1.04. The van der Waals surface area contributed by atoms with Gasteiger partial charge in [-0.2, -0.15) is 0 Å². The van der Waals surface area contributed by atoms with Gasteiger partial charge in [-0.15, -0.1) is 0 Å². The molecule has 1 heteroatoms. The largest absolute Gasteiger partial charge is 0.456 e. The predicted molar refractivity (Wildman–Crippen MR) is 260 cm³/mol. The molecule has 0 fully saturated rings. The Labute approximate surface area is 359 Å². The molecule has 1 aliphatic carbocycles. The van der Waals surface area contributed by atoms with Gasteiger partial charge in [-0.1, -0.05) is 200 Å². The van der Waals surface area contributed by atoms with Gasteiger partial charge in [0.2, 0.25) is 0 Å². The Kier molecular flexibility index (Phi) is 7.59. The smallest absolute Gasteiger partial charge is 0.136 e. The zero-order chi connectivity index (χ0) is 40.8. The minimum absolute atomic E-state index is 0.479. The van der Waals surface area contributed by atoms with E-state index in [1.54, 1.807) is 0 Å². The first kappa shape index (κ1) is 34.8. The molecule has 1 nitrogen and oxygen atoms in total. The fourth-order valence-electron chi connectivity index (χ4n) is 10.9. The molecule has 0 N–H and O–H groups in total. The molecule has 0 aliphatic heterocycles. The second-order valence-corrected chi connectivity index (χ2v) is 16.7. The minimum atomic E-state index is -0.479. The second-order valence-electron chi connectivity index (χ2n) is 16.7. The van der Waals surface area contributed by atoms with Gasteiger partial charge in [-0.05, 0) is 129 Å². The molecule has 0 spiro atoms. The average Bonchev–Trinajstić information content (AvgIpc) is 3.86. The first-order valence-corrected chi connectivity index (χ1v) is 21.5. The van der Waals surface area contributed by atoms with Crippen LogP contribution in [0.3, 0.4) is 0 Å². The summed E-state index contributed by atoms with van der Waals surface area (Å²) >= 11 is 0. The van der Waals surface area contributed by atoms with Gasteiger partial charge in [0, 0.05) is 10.8 Å². The van der Waals surface area contributed by atoms with Crippen LogP contribution in [0.25, 0.3) is 98.8 Å². The maximum absolute atomic E-state index is 6.52. The van der Waals surface area contributed by atoms with Crippen LogP contribution in [0.4, 0.5) is 0 Å². The molecule has 0 unspecified atom stereocenters. The topological polar surface area (TPSA) is 13.1 Å². The van der Waals surface area contributed by atoms with Crippen molar-refractivity contribution in [2.45, 2.75) is 5.41 Å². The Morgan fingerprint density at radius 1 is 0.290 bits per heavy atom. The molecule has 0 saturated carbocycles. The molecule has 0 bridgehead atoms. The molecule has 0 radical (unpaired) electrons. The third-order valence-corrected chi connectivity index (χ3v) is 13.5. The molecule has 0 amide bonds. The zero-order valence-electron chi connectivity index (χ0n) is 33.8. The Bertz CT molecular complexity index is 3650. The lowest BCUT2D eigenvalue weighted by molar-refractivity contribution is 0.669. The van der Waals surface area contributed by atoms with Crippen LogP contribution >= 0.6 is 0 Å². The van der Waals surface area contributed by atoms with E-state index in [4.69, 9.17) is 4.42 Å². The number of furan rings is 1. The zero-order valence-corrected chi connectivity index (χ0v) is 33.8. The van der Waals surface area contributed by atoms with Crippen LogP contribution in [0.1, 0.15) is 22.3 Å². The molecule has 62 heavy (non-hydrogen) atoms. The van der Waals surface area contributed by atoms with Crippen LogP contribution in [0.15, 0.2) is 235 Å². The molecular formula is C61H38O. The summed E-state index contributed by atoms with van der Waals surface area (Å²) in [5.74, 6) is 0. The van der Waals surface area contributed by atoms with Crippen molar-refractivity contribution in [3.05, 3.63) is 253 Å². The molecule has 11 aromatic carbocycles. The summed E-state index contributed by atoms with van der Waals surface area (Å²) in [6.45, 7) is 0. The van der Waals surface area contributed by atoms with Crippen LogP contribution < -0.4 is 0 Å². The van der Waals surface area contributed by atoms with Crippen molar-refractivity contribution in [1.29, 1.82) is 0 Å². The minimum Gasteiger partial charge on any atom is -0.456 e. The summed E-state index contributed by atoms with van der Waals surface area (Å²) in [5, 5.41) is 9.63. The van der Waals surface area contributed by atoms with Crippen molar-refractivity contribution in [3.8, 4) is 44.5 Å². The van der Waals surface area contributed by atoms with Gasteiger partial charge < -0.3 is 4.42 Å². The number of rotatable bonds is 5. The van der Waals surface area contributed by atoms with E-state index in [0.717, 1.165) is 27.5 Å². The third-order valence-electron chi connectivity index (χ3n) is 13.5. The van der Waals surface area contributed by atoms with E-state index in [-0.39, 0.29) is 0 Å². The molecule has 1 aliphatic rings. The Morgan fingerprint density at radius 2 is 0.806 bits per heavy atom. The summed E-state index contributed by atoms with van der Waals surface area (Å²) in [4.78, 5) is 0. The first-order valence-electron chi connectivity index (χ1n) is 21.5. The summed E-state index contributed by atoms with van der Waals surface area (Å²) in [7, 11) is 0. The van der Waals surface area contributed by atoms with Gasteiger partial charge in [-0.3, -0.25) is 0 Å². The highest BCUT2D eigenvalue weighted by Crippen LogP contribution is 2.57. The summed E-state index contributed by atoms with van der Waals surface area (Å²) in [6.07, 6.45) is 0. The first-order chi connectivity index (χ1) is 30.8. The highest BCUT2D eigenvalue weighted by atomic mass is 16.3. The number of fused-ring (bicyclic) bond motifs is 9. The Hall–Kier alpha value is -8.00. The average molecular weight is 787 g/mol. The quantitative estimate of drug-likeness (QED) is 0.158. The maximum atomic E-state index is 6.52. The fourth-order valence-corrected chi connectivity index (χ4v) is 10.9. The summed E-state index contributed by atoms with van der Waals surface area (Å²) < 4.78 is 6.52. The molecule has 0 atom stereocenters. The molecule has 0 saturated heterocycles. The lowest BCUT2D eigenvalue weighted by Gasteiger charge is -2.34. The monoisotopic (exact) mass is 786 g/mol. The van der Waals surface area contributed by atoms with E-state index in [1.165, 1.54) is 93.5 Å². The molecule has 12 aromatic rings. The summed E-state index contributed by atoms with van der Waals surface area (Å²) in [5.41, 5.74) is 16.3. The van der Waals surface area contributed by atoms with E-state index < -0.39 is 5.41 Å². The van der Waals surface area contributed by atoms with Gasteiger partial charge in [0.15, 0.2) is 0 Å². The number of hydrogen-bond acceptors (Lipinski definition) is 1. The van der Waals surface area contributed by atoms with E-state index in [9.17, 15) is 0 Å². The van der Waals surface area contributed by atoms with Gasteiger partial charge in [-0.25, -0.2) is 0 Å². The standard InChI is InChI=1S/C61H38O/c1-3-21-44(22-4-1)61(45-23-5-2-6-24-45)54-31-14-13-25-47(54)48-34-33-43(37-55(48)61)59-51-28-11-9-26-49(51)58(50-27-10-12-29-52(50)59)42-20-15-19-41(35-42)46-30-16-32-56-60(46)53-36-39-17-7-8-18-40(39)38-57(53)62-56/h1-38H. The lowest BCUT2D eigenvalue weighted by Crippen LogP contribution is -2.28. The van der Waals surface area contributed by atoms with Crippen molar-refractivity contribution >= 4 is 54.3 Å². The normalized spacial score (nSPS) is 13.0. The maximum Gasteiger partial charge on any atom is 0.136 e. The molecular weight excluding hydrogens is 749 g/mol. The SMILES string of the molecule is c1ccc(C2(c3ccccc3)c3ccccc3-c3ccc(-c4c5ccccc5c(-c5cccc(-c6cccc7oc8cc9ccccc9cc8c67)c5)c5ccccc45)cc32)cc1. The number of benzene rings is 11. The van der Waals surface area contributed by atoms with Gasteiger partial charge in [0.05, 0.1) is 5.41 Å². The van der Waals surface area contributed by atoms with Crippen LogP contribution in [0, 0.1) is 0 Å². The van der Waals surface area contributed by atoms with Gasteiger partial charge >= 0.3 is 0 Å². The van der Waals surface area contributed by atoms with E-state index in [0.29, 0.717) is 0 Å². The Morgan fingerprint density at radius 3 is 1.48 bits per heavy atom. The van der Waals surface area contributed by atoms with Gasteiger partial charge in [0.1, 0.15) is 11.2 Å². The predicted octanol–water partition coefficient (Wildman–Crippen LogP) is 16.4. The van der Waals surface area contributed by atoms with Crippen molar-refractivity contribution in [1.82, 2.24) is 0 Å². The van der Waals surface area contributed by atoms with Crippen molar-refractivity contribution in [2.75, 3.05) is 0 Å². The van der Waals surface area contributed by atoms with Crippen molar-refractivity contribution in [3.63, 3.8) is 0 Å². The van der Waals surface area contributed by atoms with E-state index in [2.05, 4.69) is 231 Å². The molecule has 1 aromatic heterocycles. The van der Waals surface area contributed by atoms with Gasteiger partial charge in [0.25, 0.3) is 0 Å². The number of hydrogen-bond donors (Lipinski definition) is 0. The highest BCUT2D eigenvalue weighted by Gasteiger charge is 2.46. The van der Waals surface area contributed by atoms with Crippen LogP contribution in [0.2, 0.25) is 0 Å². The van der Waals surface area contributed by atoms with Crippen molar-refractivity contribution < 1.29 is 4.42 Å². The molecule has 13 rings (SSSR count). The third kappa shape index (κ3) is 4.97. The fraction of sp³-hybridized carbons (Fsp3) is 0.0164. The summed E-state index contributed by atoms with van der Waals surface area (Å²) in [6, 6.07) is 85.0. The van der Waals surface area contributed by atoms with Crippen LogP contribution in [-0.2, 0) is 5.41 Å². The lowest BCUT2D eigenvalue weighted by atomic mass is 9.67.